The minimum absolute atomic E-state index is 0.0298. The average molecular weight is 358 g/mol. The van der Waals surface area contributed by atoms with Crippen molar-refractivity contribution in [2.75, 3.05) is 12.3 Å². The van der Waals surface area contributed by atoms with Gasteiger partial charge in [-0.2, -0.15) is 0 Å². The molecule has 2 aromatic heterocycles. The van der Waals surface area contributed by atoms with Gasteiger partial charge in [0.1, 0.15) is 5.76 Å². The summed E-state index contributed by atoms with van der Waals surface area (Å²) in [5.74, 6) is 2.10. The van der Waals surface area contributed by atoms with Gasteiger partial charge in [-0.05, 0) is 30.5 Å². The number of thiophene rings is 1. The molecular formula is C18H18N2O2S2. The minimum Gasteiger partial charge on any atom is -0.440 e. The molecule has 1 N–H and O–H groups in total. The molecule has 4 nitrogen and oxygen atoms in total. The average Bonchev–Trinajstić information content (AvgIpc) is 3.23. The molecule has 0 unspecified atom stereocenters. The number of amides is 1. The Morgan fingerprint density at radius 3 is 2.83 bits per heavy atom. The van der Waals surface area contributed by atoms with Crippen molar-refractivity contribution >= 4 is 29.0 Å². The Morgan fingerprint density at radius 2 is 2.08 bits per heavy atom. The number of thioether (sulfide) groups is 1. The van der Waals surface area contributed by atoms with Crippen LogP contribution in [-0.4, -0.2) is 23.2 Å². The van der Waals surface area contributed by atoms with E-state index in [1.165, 1.54) is 4.90 Å². The lowest BCUT2D eigenvalue weighted by molar-refractivity contribution is -0.120. The van der Waals surface area contributed by atoms with E-state index in [-0.39, 0.29) is 12.3 Å². The summed E-state index contributed by atoms with van der Waals surface area (Å²) in [5, 5.41) is 4.91. The lowest BCUT2D eigenvalue weighted by Gasteiger charge is -2.04. The molecule has 124 valence electrons. The molecule has 1 aromatic carbocycles. The number of carbonyl (C=O) groups is 1. The molecule has 0 radical (unpaired) electrons. The molecule has 0 aliphatic rings. The van der Waals surface area contributed by atoms with Gasteiger partial charge in [0.25, 0.3) is 0 Å². The molecule has 1 amide bonds. The van der Waals surface area contributed by atoms with E-state index in [4.69, 9.17) is 4.42 Å². The van der Waals surface area contributed by atoms with Crippen molar-refractivity contribution in [1.29, 1.82) is 0 Å². The molecule has 0 atom stereocenters. The molecule has 3 aromatic rings. The first-order valence-electron chi connectivity index (χ1n) is 7.67. The number of nitrogens with one attached hydrogen (secondary N) is 1. The molecule has 0 spiro atoms. The standard InChI is InChI=1S/C18H18N2O2S2/c1-13-15(20-18(22-13)16-8-5-10-24-16)12-17(21)19-9-11-23-14-6-3-2-4-7-14/h2-8,10H,9,11-12H2,1H3,(H,19,21). The van der Waals surface area contributed by atoms with Crippen LogP contribution in [0.3, 0.4) is 0 Å². The maximum Gasteiger partial charge on any atom is 0.236 e. The van der Waals surface area contributed by atoms with Gasteiger partial charge in [-0.25, -0.2) is 4.98 Å². The summed E-state index contributed by atoms with van der Waals surface area (Å²) in [7, 11) is 0. The Balaban J connectivity index is 1.47. The van der Waals surface area contributed by atoms with E-state index >= 15 is 0 Å². The zero-order valence-corrected chi connectivity index (χ0v) is 15.0. The van der Waals surface area contributed by atoms with Crippen molar-refractivity contribution in [3.05, 3.63) is 59.3 Å². The fourth-order valence-corrected chi connectivity index (χ4v) is 3.63. The van der Waals surface area contributed by atoms with E-state index in [1.54, 1.807) is 23.1 Å². The van der Waals surface area contributed by atoms with Crippen LogP contribution in [0.4, 0.5) is 0 Å². The third-order valence-corrected chi connectivity index (χ3v) is 5.26. The molecule has 0 saturated heterocycles. The first kappa shape index (κ1) is 16.8. The van der Waals surface area contributed by atoms with E-state index in [0.29, 0.717) is 23.9 Å². The van der Waals surface area contributed by atoms with E-state index in [1.807, 2.05) is 42.6 Å². The maximum atomic E-state index is 12.1. The van der Waals surface area contributed by atoms with E-state index in [2.05, 4.69) is 22.4 Å². The van der Waals surface area contributed by atoms with Gasteiger partial charge in [0.05, 0.1) is 17.0 Å². The quantitative estimate of drug-likeness (QED) is 0.509. The summed E-state index contributed by atoms with van der Waals surface area (Å²) in [6.07, 6.45) is 0.247. The summed E-state index contributed by atoms with van der Waals surface area (Å²) in [6, 6.07) is 14.1. The Bertz CT molecular complexity index is 783. The van der Waals surface area contributed by atoms with Gasteiger partial charge in [0, 0.05) is 17.2 Å². The van der Waals surface area contributed by atoms with Crippen molar-refractivity contribution < 1.29 is 9.21 Å². The highest BCUT2D eigenvalue weighted by atomic mass is 32.2. The fraction of sp³-hybridized carbons (Fsp3) is 0.222. The number of rotatable bonds is 7. The van der Waals surface area contributed by atoms with Crippen LogP contribution in [0.25, 0.3) is 10.8 Å². The maximum absolute atomic E-state index is 12.1. The van der Waals surface area contributed by atoms with E-state index < -0.39 is 0 Å². The molecule has 0 bridgehead atoms. The summed E-state index contributed by atoms with van der Waals surface area (Å²) in [6.45, 7) is 2.48. The Hall–Kier alpha value is -2.05. The van der Waals surface area contributed by atoms with Crippen molar-refractivity contribution in [2.24, 2.45) is 0 Å². The van der Waals surface area contributed by atoms with Crippen LogP contribution in [-0.2, 0) is 11.2 Å². The van der Waals surface area contributed by atoms with Crippen molar-refractivity contribution in [1.82, 2.24) is 10.3 Å². The summed E-state index contributed by atoms with van der Waals surface area (Å²) >= 11 is 3.30. The van der Waals surface area contributed by atoms with Crippen LogP contribution in [0.1, 0.15) is 11.5 Å². The van der Waals surface area contributed by atoms with Gasteiger partial charge >= 0.3 is 0 Å². The Kier molecular flexibility index (Phi) is 5.72. The van der Waals surface area contributed by atoms with Crippen LogP contribution in [0.5, 0.6) is 0 Å². The molecular weight excluding hydrogens is 340 g/mol. The molecule has 2 heterocycles. The molecule has 0 aliphatic carbocycles. The first-order valence-corrected chi connectivity index (χ1v) is 9.53. The van der Waals surface area contributed by atoms with Crippen molar-refractivity contribution in [2.45, 2.75) is 18.2 Å². The highest BCUT2D eigenvalue weighted by molar-refractivity contribution is 7.99. The van der Waals surface area contributed by atoms with E-state index in [9.17, 15) is 4.79 Å². The first-order chi connectivity index (χ1) is 11.7. The Labute approximate surface area is 149 Å². The van der Waals surface area contributed by atoms with Crippen LogP contribution in [0.2, 0.25) is 0 Å². The van der Waals surface area contributed by atoms with Gasteiger partial charge in [0.15, 0.2) is 0 Å². The number of hydrogen-bond donors (Lipinski definition) is 1. The van der Waals surface area contributed by atoms with E-state index in [0.717, 1.165) is 10.6 Å². The van der Waals surface area contributed by atoms with Gasteiger partial charge in [-0.3, -0.25) is 4.79 Å². The SMILES string of the molecule is Cc1oc(-c2cccs2)nc1CC(=O)NCCSc1ccccc1. The predicted octanol–water partition coefficient (Wildman–Crippen LogP) is 4.16. The number of oxazole rings is 1. The van der Waals surface area contributed by atoms with Gasteiger partial charge in [-0.15, -0.1) is 23.1 Å². The van der Waals surface area contributed by atoms with Crippen LogP contribution in [0, 0.1) is 6.92 Å². The van der Waals surface area contributed by atoms with Crippen LogP contribution < -0.4 is 5.32 Å². The molecule has 0 aliphatic heterocycles. The summed E-state index contributed by atoms with van der Waals surface area (Å²) < 4.78 is 5.66. The highest BCUT2D eigenvalue weighted by Gasteiger charge is 2.14. The third-order valence-electron chi connectivity index (χ3n) is 3.39. The largest absolute Gasteiger partial charge is 0.440 e. The lowest BCUT2D eigenvalue weighted by Crippen LogP contribution is -2.27. The number of aromatic nitrogens is 1. The Morgan fingerprint density at radius 1 is 1.25 bits per heavy atom. The fourth-order valence-electron chi connectivity index (χ4n) is 2.19. The molecule has 0 saturated carbocycles. The smallest absolute Gasteiger partial charge is 0.236 e. The topological polar surface area (TPSA) is 55.1 Å². The number of carbonyl (C=O) groups excluding carboxylic acids is 1. The zero-order valence-electron chi connectivity index (χ0n) is 13.3. The van der Waals surface area contributed by atoms with Crippen molar-refractivity contribution in [3.8, 4) is 10.8 Å². The minimum atomic E-state index is -0.0298. The lowest BCUT2D eigenvalue weighted by atomic mass is 10.2. The molecule has 0 fully saturated rings. The molecule has 24 heavy (non-hydrogen) atoms. The predicted molar refractivity (Wildman–Crippen MR) is 98.4 cm³/mol. The zero-order chi connectivity index (χ0) is 16.8. The van der Waals surface area contributed by atoms with Gasteiger partial charge in [-0.1, -0.05) is 24.3 Å². The third kappa shape index (κ3) is 4.49. The monoisotopic (exact) mass is 358 g/mol. The highest BCUT2D eigenvalue weighted by Crippen LogP contribution is 2.26. The van der Waals surface area contributed by atoms with Crippen LogP contribution in [0.15, 0.2) is 57.2 Å². The van der Waals surface area contributed by atoms with Gasteiger partial charge < -0.3 is 9.73 Å². The number of benzene rings is 1. The van der Waals surface area contributed by atoms with Crippen LogP contribution >= 0.6 is 23.1 Å². The summed E-state index contributed by atoms with van der Waals surface area (Å²) in [4.78, 5) is 18.7. The molecule has 3 rings (SSSR count). The molecule has 6 heteroatoms. The second-order valence-corrected chi connectivity index (χ2v) is 7.30. The number of aryl methyl sites for hydroxylation is 1. The second-order valence-electron chi connectivity index (χ2n) is 5.19. The second kappa shape index (κ2) is 8.17. The van der Waals surface area contributed by atoms with Crippen molar-refractivity contribution in [3.63, 3.8) is 0 Å². The number of nitrogens with zero attached hydrogens (tertiary/aromatic N) is 1. The normalized spacial score (nSPS) is 10.7. The number of hydrogen-bond acceptors (Lipinski definition) is 5. The van der Waals surface area contributed by atoms with Gasteiger partial charge in [0.2, 0.25) is 11.8 Å². The summed E-state index contributed by atoms with van der Waals surface area (Å²) in [5.41, 5.74) is 0.701.